The van der Waals surface area contributed by atoms with Crippen LogP contribution in [-0.2, 0) is 14.3 Å². The van der Waals surface area contributed by atoms with Gasteiger partial charge in [-0.05, 0) is 93.6 Å². The third-order valence-electron chi connectivity index (χ3n) is 3.78. The molecule has 1 heterocycles. The van der Waals surface area contributed by atoms with Gasteiger partial charge in [0.1, 0.15) is 0 Å². The van der Waals surface area contributed by atoms with Gasteiger partial charge in [0, 0.05) is 11.4 Å². The van der Waals surface area contributed by atoms with Crippen LogP contribution in [-0.4, -0.2) is 17.8 Å². The molecule has 2 aromatic carbocycles. The summed E-state index contributed by atoms with van der Waals surface area (Å²) in [6.07, 6.45) is 2.69. The maximum Gasteiger partial charge on any atom is 0.363 e. The van der Waals surface area contributed by atoms with Crippen LogP contribution in [0.25, 0.3) is 6.08 Å². The average molecular weight is 656 g/mol. The summed E-state index contributed by atoms with van der Waals surface area (Å²) in [7, 11) is 0. The summed E-state index contributed by atoms with van der Waals surface area (Å²) in [5.41, 5.74) is 1.36. The summed E-state index contributed by atoms with van der Waals surface area (Å²) in [5.74, 6) is -0.215. The molecular weight excluding hydrogens is 643 g/mol. The molecule has 0 fully saturated rings. The van der Waals surface area contributed by atoms with Gasteiger partial charge < -0.3 is 9.47 Å². The molecule has 0 atom stereocenters. The number of cyclic esters (lactones) is 1. The number of carbonyl (C=O) groups is 2. The van der Waals surface area contributed by atoms with Gasteiger partial charge in [-0.1, -0.05) is 30.1 Å². The summed E-state index contributed by atoms with van der Waals surface area (Å²) < 4.78 is 12.2. The van der Waals surface area contributed by atoms with E-state index in [9.17, 15) is 9.59 Å². The van der Waals surface area contributed by atoms with Crippen LogP contribution in [0.4, 0.5) is 0 Å². The lowest BCUT2D eigenvalue weighted by Crippen LogP contribution is -2.09. The number of nitrogens with zero attached hydrogens (tertiary/aromatic N) is 1. The average Bonchev–Trinajstić information content (AvgIpc) is 2.98. The fraction of sp³-hybridized carbons (Fsp3) is 0.150. The van der Waals surface area contributed by atoms with E-state index in [1.54, 1.807) is 36.4 Å². The highest BCUT2D eigenvalue weighted by Gasteiger charge is 2.26. The second-order valence-corrected chi connectivity index (χ2v) is 9.17. The van der Waals surface area contributed by atoms with Gasteiger partial charge in [-0.25, -0.2) is 9.79 Å². The highest BCUT2D eigenvalue weighted by molar-refractivity contribution is 14.1. The Morgan fingerprint density at radius 2 is 1.90 bits per heavy atom. The minimum Gasteiger partial charge on any atom is -0.424 e. The molecule has 0 aromatic heterocycles. The van der Waals surface area contributed by atoms with E-state index in [1.807, 2.05) is 6.92 Å². The molecule has 150 valence electrons. The van der Waals surface area contributed by atoms with E-state index < -0.39 is 5.97 Å². The number of halogens is 4. The van der Waals surface area contributed by atoms with Crippen molar-refractivity contribution in [3.63, 3.8) is 0 Å². The van der Waals surface area contributed by atoms with Crippen LogP contribution < -0.4 is 4.74 Å². The molecule has 29 heavy (non-hydrogen) atoms. The lowest BCUT2D eigenvalue weighted by atomic mass is 10.2. The Labute approximate surface area is 204 Å². The quantitative estimate of drug-likeness (QED) is 0.165. The number of rotatable bonds is 5. The summed E-state index contributed by atoms with van der Waals surface area (Å²) in [5, 5.41) is 0.816. The van der Waals surface area contributed by atoms with Crippen molar-refractivity contribution in [2.24, 2.45) is 4.99 Å². The van der Waals surface area contributed by atoms with Crippen molar-refractivity contribution in [2.45, 2.75) is 19.8 Å². The topological polar surface area (TPSA) is 65.0 Å². The maximum atomic E-state index is 12.2. The summed E-state index contributed by atoms with van der Waals surface area (Å²) in [6.45, 7) is 1.92. The lowest BCUT2D eigenvalue weighted by Gasteiger charge is -2.09. The fourth-order valence-electron chi connectivity index (χ4n) is 2.47. The van der Waals surface area contributed by atoms with Crippen molar-refractivity contribution in [3.8, 4) is 5.75 Å². The Bertz CT molecular complexity index is 1040. The predicted octanol–water partition coefficient (Wildman–Crippen LogP) is 6.25. The molecule has 1 aliphatic heterocycles. The van der Waals surface area contributed by atoms with Crippen LogP contribution in [0.3, 0.4) is 0 Å². The molecular formula is C20H13Cl2I2NO4. The smallest absolute Gasteiger partial charge is 0.363 e. The maximum absolute atomic E-state index is 12.2. The molecule has 5 nitrogen and oxygen atoms in total. The molecule has 0 bridgehead atoms. The first-order valence-electron chi connectivity index (χ1n) is 8.46. The number of aliphatic imine (C=N–C) groups is 1. The van der Waals surface area contributed by atoms with Crippen LogP contribution in [0.15, 0.2) is 41.0 Å². The number of carbonyl (C=O) groups excluding carboxylic acids is 2. The highest BCUT2D eigenvalue weighted by atomic mass is 127. The number of ether oxygens (including phenoxy) is 2. The van der Waals surface area contributed by atoms with Crippen molar-refractivity contribution in [1.29, 1.82) is 0 Å². The van der Waals surface area contributed by atoms with Crippen molar-refractivity contribution >= 4 is 92.3 Å². The van der Waals surface area contributed by atoms with Crippen LogP contribution in [0, 0.1) is 7.14 Å². The molecule has 0 saturated carbocycles. The number of hydrogen-bond donors (Lipinski definition) is 0. The second-order valence-electron chi connectivity index (χ2n) is 6.00. The third-order valence-corrected chi connectivity index (χ3v) is 5.93. The van der Waals surface area contributed by atoms with E-state index in [1.165, 1.54) is 0 Å². The summed E-state index contributed by atoms with van der Waals surface area (Å²) in [4.78, 5) is 28.3. The first kappa shape index (κ1) is 22.5. The van der Waals surface area contributed by atoms with E-state index in [2.05, 4.69) is 50.2 Å². The van der Waals surface area contributed by atoms with Crippen LogP contribution >= 0.6 is 68.4 Å². The Kier molecular flexibility index (Phi) is 7.58. The minimum absolute atomic E-state index is 0.123. The Balaban J connectivity index is 1.90. The van der Waals surface area contributed by atoms with E-state index in [-0.39, 0.29) is 17.6 Å². The first-order valence-corrected chi connectivity index (χ1v) is 11.4. The number of benzene rings is 2. The van der Waals surface area contributed by atoms with Crippen LogP contribution in [0.2, 0.25) is 10.0 Å². The van der Waals surface area contributed by atoms with Crippen LogP contribution in [0.1, 0.15) is 30.9 Å². The molecule has 0 amide bonds. The summed E-state index contributed by atoms with van der Waals surface area (Å²) in [6, 6.07) is 8.45. The fourth-order valence-corrected chi connectivity index (χ4v) is 5.00. The van der Waals surface area contributed by atoms with E-state index in [4.69, 9.17) is 32.7 Å². The monoisotopic (exact) mass is 655 g/mol. The zero-order valence-electron chi connectivity index (χ0n) is 15.0. The minimum atomic E-state index is -0.575. The van der Waals surface area contributed by atoms with E-state index in [0.29, 0.717) is 27.8 Å². The SMILES string of the molecule is CCCC(=O)Oc1c(I)cc(/C=C2\N=C(c3ccc(Cl)cc3Cl)OC2=O)cc1I. The van der Waals surface area contributed by atoms with Gasteiger partial charge in [0.2, 0.25) is 5.90 Å². The van der Waals surface area contributed by atoms with E-state index >= 15 is 0 Å². The third kappa shape index (κ3) is 5.50. The van der Waals surface area contributed by atoms with Gasteiger partial charge in [-0.2, -0.15) is 0 Å². The highest BCUT2D eigenvalue weighted by Crippen LogP contribution is 2.31. The van der Waals surface area contributed by atoms with Gasteiger partial charge in [0.05, 0.1) is 17.7 Å². The second kappa shape index (κ2) is 9.76. The summed E-state index contributed by atoms with van der Waals surface area (Å²) >= 11 is 16.3. The Morgan fingerprint density at radius 3 is 2.52 bits per heavy atom. The Hall–Kier alpha value is -1.17. The van der Waals surface area contributed by atoms with Crippen molar-refractivity contribution in [3.05, 3.63) is 64.3 Å². The normalized spacial score (nSPS) is 14.7. The van der Waals surface area contributed by atoms with Gasteiger partial charge in [0.25, 0.3) is 0 Å². The van der Waals surface area contributed by atoms with Gasteiger partial charge >= 0.3 is 11.9 Å². The molecule has 0 aliphatic carbocycles. The molecule has 0 N–H and O–H groups in total. The number of esters is 2. The molecule has 0 unspecified atom stereocenters. The first-order chi connectivity index (χ1) is 13.8. The lowest BCUT2D eigenvalue weighted by molar-refractivity contribution is -0.134. The molecule has 0 spiro atoms. The van der Waals surface area contributed by atoms with Crippen molar-refractivity contribution < 1.29 is 19.1 Å². The largest absolute Gasteiger partial charge is 0.424 e. The molecule has 0 radical (unpaired) electrons. The molecule has 1 aliphatic rings. The van der Waals surface area contributed by atoms with Gasteiger partial charge in [-0.15, -0.1) is 0 Å². The molecule has 9 heteroatoms. The van der Waals surface area contributed by atoms with Gasteiger partial charge in [-0.3, -0.25) is 4.79 Å². The number of hydrogen-bond acceptors (Lipinski definition) is 5. The zero-order chi connectivity index (χ0) is 21.1. The van der Waals surface area contributed by atoms with Crippen LogP contribution in [0.5, 0.6) is 5.75 Å². The van der Waals surface area contributed by atoms with E-state index in [0.717, 1.165) is 19.1 Å². The van der Waals surface area contributed by atoms with Crippen molar-refractivity contribution in [2.75, 3.05) is 0 Å². The Morgan fingerprint density at radius 1 is 1.21 bits per heavy atom. The standard InChI is InChI=1S/C20H13Cl2I2NO4/c1-2-3-17(26)28-18-14(23)6-10(7-15(18)24)8-16-20(27)29-19(25-16)12-5-4-11(21)9-13(12)22/h4-9H,2-3H2,1H3/b16-8-. The van der Waals surface area contributed by atoms with Gasteiger partial charge in [0.15, 0.2) is 11.4 Å². The predicted molar refractivity (Wildman–Crippen MR) is 129 cm³/mol. The molecule has 3 rings (SSSR count). The zero-order valence-corrected chi connectivity index (χ0v) is 20.8. The molecule has 0 saturated heterocycles. The molecule has 2 aromatic rings. The van der Waals surface area contributed by atoms with Crippen molar-refractivity contribution in [1.82, 2.24) is 0 Å².